The highest BCUT2D eigenvalue weighted by atomic mass is 79.9. The van der Waals surface area contributed by atoms with Crippen LogP contribution >= 0.6 is 15.9 Å². The first-order valence-corrected chi connectivity index (χ1v) is 10.5. The predicted molar refractivity (Wildman–Crippen MR) is 96.2 cm³/mol. The molecule has 23 heavy (non-hydrogen) atoms. The van der Waals surface area contributed by atoms with E-state index in [0.29, 0.717) is 29.3 Å². The van der Waals surface area contributed by atoms with Crippen molar-refractivity contribution in [1.82, 2.24) is 0 Å². The number of sulfone groups is 1. The highest BCUT2D eigenvalue weighted by Gasteiger charge is 2.27. The number of Topliss-reactive ketones (excluding diaryl/α,β-unsaturated/α-hetero) is 2. The molecular formula is C17H25BrO4S. The molecule has 0 amide bonds. The lowest BCUT2D eigenvalue weighted by Gasteiger charge is -2.19. The molecule has 1 heterocycles. The molecule has 6 heteroatoms. The zero-order chi connectivity index (χ0) is 17.8. The fraction of sp³-hybridized carbons (Fsp3) is 0.647. The van der Waals surface area contributed by atoms with Gasteiger partial charge in [-0.3, -0.25) is 9.59 Å². The van der Waals surface area contributed by atoms with Crippen molar-refractivity contribution in [2.45, 2.75) is 47.0 Å². The largest absolute Gasteiger partial charge is 0.295 e. The topological polar surface area (TPSA) is 68.3 Å². The van der Waals surface area contributed by atoms with Crippen LogP contribution in [0.5, 0.6) is 0 Å². The van der Waals surface area contributed by atoms with Crippen molar-refractivity contribution in [1.29, 1.82) is 0 Å². The molecule has 0 bridgehead atoms. The first kappa shape index (κ1) is 20.3. The van der Waals surface area contributed by atoms with Gasteiger partial charge in [-0.05, 0) is 65.8 Å². The van der Waals surface area contributed by atoms with E-state index in [4.69, 9.17) is 0 Å². The zero-order valence-electron chi connectivity index (χ0n) is 14.2. The summed E-state index contributed by atoms with van der Waals surface area (Å²) in [5.74, 6) is -0.705. The maximum Gasteiger partial charge on any atom is 0.172 e. The van der Waals surface area contributed by atoms with Crippen LogP contribution in [-0.4, -0.2) is 31.5 Å². The molecule has 0 fully saturated rings. The monoisotopic (exact) mass is 404 g/mol. The Bertz CT molecular complexity index is 644. The van der Waals surface area contributed by atoms with E-state index in [1.807, 2.05) is 6.92 Å². The van der Waals surface area contributed by atoms with E-state index in [1.54, 1.807) is 26.8 Å². The standard InChI is InChI=1S/C17H25BrO4S/c1-11-9-15(18)17(20)14(4)12(2)10-23(21,22)8-6-5-7-16(19)13(11)3/h9,12,14H,5-8,10H2,1-4H3. The van der Waals surface area contributed by atoms with Crippen LogP contribution in [0.25, 0.3) is 0 Å². The van der Waals surface area contributed by atoms with Gasteiger partial charge < -0.3 is 0 Å². The number of carbonyl (C=O) groups excluding carboxylic acids is 2. The van der Waals surface area contributed by atoms with Crippen LogP contribution in [0.15, 0.2) is 21.7 Å². The molecule has 1 aliphatic heterocycles. The molecule has 0 saturated heterocycles. The van der Waals surface area contributed by atoms with Crippen molar-refractivity contribution in [3.05, 3.63) is 21.7 Å². The highest BCUT2D eigenvalue weighted by molar-refractivity contribution is 9.12. The fourth-order valence-corrected chi connectivity index (χ4v) is 5.09. The van der Waals surface area contributed by atoms with Gasteiger partial charge in [0.25, 0.3) is 0 Å². The summed E-state index contributed by atoms with van der Waals surface area (Å²) >= 11 is 3.28. The Morgan fingerprint density at radius 3 is 2.35 bits per heavy atom. The third kappa shape index (κ3) is 5.99. The Hall–Kier alpha value is -0.750. The van der Waals surface area contributed by atoms with Gasteiger partial charge in [-0.2, -0.15) is 0 Å². The van der Waals surface area contributed by atoms with E-state index in [0.717, 1.165) is 5.57 Å². The van der Waals surface area contributed by atoms with Gasteiger partial charge in [-0.1, -0.05) is 13.8 Å². The summed E-state index contributed by atoms with van der Waals surface area (Å²) in [6, 6.07) is 0. The Labute approximate surface area is 147 Å². The van der Waals surface area contributed by atoms with Gasteiger partial charge in [0.1, 0.15) is 0 Å². The summed E-state index contributed by atoms with van der Waals surface area (Å²) in [4.78, 5) is 24.6. The van der Waals surface area contributed by atoms with Gasteiger partial charge in [0.05, 0.1) is 16.0 Å². The van der Waals surface area contributed by atoms with Crippen LogP contribution in [0.4, 0.5) is 0 Å². The van der Waals surface area contributed by atoms with Crippen LogP contribution in [0.2, 0.25) is 0 Å². The number of carbonyl (C=O) groups is 2. The van der Waals surface area contributed by atoms with Gasteiger partial charge >= 0.3 is 0 Å². The van der Waals surface area contributed by atoms with Crippen LogP contribution in [0.1, 0.15) is 47.0 Å². The Balaban J connectivity index is 3.20. The fourth-order valence-electron chi connectivity index (χ4n) is 2.49. The third-order valence-corrected chi connectivity index (χ3v) is 7.05. The molecule has 0 spiro atoms. The molecule has 0 radical (unpaired) electrons. The summed E-state index contributed by atoms with van der Waals surface area (Å²) in [7, 11) is -3.21. The van der Waals surface area contributed by atoms with E-state index >= 15 is 0 Å². The predicted octanol–water partition coefficient (Wildman–Crippen LogP) is 3.61. The maximum atomic E-state index is 12.5. The molecule has 0 aromatic heterocycles. The number of halogens is 1. The third-order valence-electron chi connectivity index (χ3n) is 4.48. The normalized spacial score (nSPS) is 28.3. The summed E-state index contributed by atoms with van der Waals surface area (Å²) in [5, 5.41) is 0. The van der Waals surface area contributed by atoms with E-state index < -0.39 is 15.8 Å². The average Bonchev–Trinajstić information content (AvgIpc) is 2.47. The van der Waals surface area contributed by atoms with E-state index in [-0.39, 0.29) is 29.0 Å². The highest BCUT2D eigenvalue weighted by Crippen LogP contribution is 2.24. The number of hydrogen-bond acceptors (Lipinski definition) is 4. The Kier molecular flexibility index (Phi) is 7.39. The molecule has 2 atom stereocenters. The second kappa shape index (κ2) is 8.38. The lowest BCUT2D eigenvalue weighted by Crippen LogP contribution is -2.27. The van der Waals surface area contributed by atoms with E-state index in [2.05, 4.69) is 15.9 Å². The van der Waals surface area contributed by atoms with Crippen molar-refractivity contribution in [2.24, 2.45) is 11.8 Å². The summed E-state index contributed by atoms with van der Waals surface area (Å²) in [6.45, 7) is 7.10. The Morgan fingerprint density at radius 1 is 1.13 bits per heavy atom. The summed E-state index contributed by atoms with van der Waals surface area (Å²) in [6.07, 6.45) is 3.05. The first-order chi connectivity index (χ1) is 10.5. The number of ketones is 2. The van der Waals surface area contributed by atoms with Crippen LogP contribution in [-0.2, 0) is 19.4 Å². The van der Waals surface area contributed by atoms with Crippen LogP contribution < -0.4 is 0 Å². The molecule has 4 nitrogen and oxygen atoms in total. The smallest absolute Gasteiger partial charge is 0.172 e. The zero-order valence-corrected chi connectivity index (χ0v) is 16.6. The lowest BCUT2D eigenvalue weighted by atomic mass is 9.92. The van der Waals surface area contributed by atoms with Crippen molar-refractivity contribution in [2.75, 3.05) is 11.5 Å². The van der Waals surface area contributed by atoms with E-state index in [9.17, 15) is 18.0 Å². The molecule has 0 N–H and O–H groups in total. The van der Waals surface area contributed by atoms with Gasteiger partial charge in [0.15, 0.2) is 21.4 Å². The number of rotatable bonds is 0. The Morgan fingerprint density at radius 2 is 1.74 bits per heavy atom. The van der Waals surface area contributed by atoms with Crippen molar-refractivity contribution in [3.63, 3.8) is 0 Å². The van der Waals surface area contributed by atoms with Crippen molar-refractivity contribution in [3.8, 4) is 0 Å². The van der Waals surface area contributed by atoms with Gasteiger partial charge in [-0.25, -0.2) is 8.42 Å². The summed E-state index contributed by atoms with van der Waals surface area (Å²) in [5.41, 5.74) is 1.38. The van der Waals surface area contributed by atoms with E-state index in [1.165, 1.54) is 0 Å². The molecule has 1 rings (SSSR count). The molecule has 0 aliphatic carbocycles. The quantitative estimate of drug-likeness (QED) is 0.618. The second-order valence-electron chi connectivity index (χ2n) is 6.43. The minimum atomic E-state index is -3.21. The SMILES string of the molecule is CC1=C(C)C(=O)CCCCS(=O)(=O)CC(C)C(C)C(=O)C(Br)=C1. The maximum absolute atomic E-state index is 12.5. The molecule has 130 valence electrons. The molecule has 0 aromatic rings. The van der Waals surface area contributed by atoms with Crippen LogP contribution in [0, 0.1) is 11.8 Å². The van der Waals surface area contributed by atoms with Crippen molar-refractivity contribution >= 4 is 37.3 Å². The first-order valence-electron chi connectivity index (χ1n) is 7.87. The minimum Gasteiger partial charge on any atom is -0.295 e. The lowest BCUT2D eigenvalue weighted by molar-refractivity contribution is -0.119. The molecule has 0 saturated carbocycles. The molecular weight excluding hydrogens is 380 g/mol. The molecule has 2 unspecified atom stereocenters. The van der Waals surface area contributed by atoms with Gasteiger partial charge in [0, 0.05) is 12.3 Å². The second-order valence-corrected chi connectivity index (χ2v) is 9.51. The summed E-state index contributed by atoms with van der Waals surface area (Å²) < 4.78 is 24.7. The van der Waals surface area contributed by atoms with Crippen LogP contribution in [0.3, 0.4) is 0 Å². The number of allylic oxidation sites excluding steroid dienone is 4. The number of hydrogen-bond donors (Lipinski definition) is 0. The van der Waals surface area contributed by atoms with Gasteiger partial charge in [-0.15, -0.1) is 0 Å². The van der Waals surface area contributed by atoms with Crippen molar-refractivity contribution < 1.29 is 18.0 Å². The minimum absolute atomic E-state index is 0.00197. The van der Waals surface area contributed by atoms with Gasteiger partial charge in [0.2, 0.25) is 0 Å². The molecule has 1 aliphatic rings. The molecule has 0 aromatic carbocycles. The average molecular weight is 405 g/mol.